The van der Waals surface area contributed by atoms with Gasteiger partial charge in [-0.1, -0.05) is 5.92 Å². The summed E-state index contributed by atoms with van der Waals surface area (Å²) in [6.07, 6.45) is 4.56. The Morgan fingerprint density at radius 3 is 2.00 bits per heavy atom. The summed E-state index contributed by atoms with van der Waals surface area (Å²) in [5, 5.41) is 0. The Hall–Kier alpha value is 1.67. The van der Waals surface area contributed by atoms with Gasteiger partial charge in [0.1, 0.15) is 6.61 Å². The molecule has 0 N–H and O–H groups in total. The van der Waals surface area contributed by atoms with Gasteiger partial charge in [0.05, 0.1) is 7.82 Å². The molecule has 0 unspecified atom stereocenters. The molecule has 0 heterocycles. The van der Waals surface area contributed by atoms with Gasteiger partial charge in [-0.3, -0.25) is 0 Å². The van der Waals surface area contributed by atoms with Crippen molar-refractivity contribution >= 4 is 7.82 Å². The number of rotatable bonds is 2. The zero-order valence-corrected chi connectivity index (χ0v) is 10.8. The second-order valence-corrected chi connectivity index (χ2v) is 2.08. The van der Waals surface area contributed by atoms with Crippen LogP contribution in [0, 0.1) is 12.3 Å². The maximum absolute atomic E-state index is 9.54. The van der Waals surface area contributed by atoms with Crippen LogP contribution in [-0.4, -0.2) is 6.61 Å². The van der Waals surface area contributed by atoms with Crippen molar-refractivity contribution in [3.05, 3.63) is 0 Å². The van der Waals surface area contributed by atoms with Gasteiger partial charge in [0.2, 0.25) is 0 Å². The molecule has 0 aliphatic rings. The van der Waals surface area contributed by atoms with Gasteiger partial charge in [-0.05, 0) is 0 Å². The molecule has 4 nitrogen and oxygen atoms in total. The maximum Gasteiger partial charge on any atom is 1.00 e. The molecule has 0 radical (unpaired) electrons. The van der Waals surface area contributed by atoms with Gasteiger partial charge < -0.3 is 18.9 Å². The van der Waals surface area contributed by atoms with Gasteiger partial charge in [0, 0.05) is 0 Å². The molecule has 46 valence electrons. The molecular formula is C3H3Na2O4P. The minimum absolute atomic E-state index is 0. The van der Waals surface area contributed by atoms with E-state index >= 15 is 0 Å². The molecule has 7 heteroatoms. The van der Waals surface area contributed by atoms with E-state index in [1.807, 2.05) is 5.92 Å². The molecular weight excluding hydrogens is 183 g/mol. The van der Waals surface area contributed by atoms with Crippen LogP contribution < -0.4 is 68.9 Å². The Kier molecular flexibility index (Phi) is 15.5. The molecule has 0 saturated heterocycles. The second kappa shape index (κ2) is 8.76. The molecule has 0 aromatic heterocycles. The smallest absolute Gasteiger partial charge is 0.790 e. The summed E-state index contributed by atoms with van der Waals surface area (Å²) in [7, 11) is -4.82. The minimum atomic E-state index is -4.82. The summed E-state index contributed by atoms with van der Waals surface area (Å²) >= 11 is 0. The monoisotopic (exact) mass is 186 g/mol. The van der Waals surface area contributed by atoms with E-state index in [9.17, 15) is 14.4 Å². The first-order chi connectivity index (χ1) is 3.56. The number of hydrogen-bond donors (Lipinski definition) is 0. The Labute approximate surface area is 104 Å². The summed E-state index contributed by atoms with van der Waals surface area (Å²) in [6.45, 7) is -0.482. The average Bonchev–Trinajstić information content (AvgIpc) is 1.59. The van der Waals surface area contributed by atoms with Crippen molar-refractivity contribution < 1.29 is 78.0 Å². The quantitative estimate of drug-likeness (QED) is 0.186. The van der Waals surface area contributed by atoms with Gasteiger partial charge in [-0.25, -0.2) is 0 Å². The third kappa shape index (κ3) is 16.3. The summed E-state index contributed by atoms with van der Waals surface area (Å²) < 4.78 is 13.1. The molecule has 10 heavy (non-hydrogen) atoms. The van der Waals surface area contributed by atoms with Gasteiger partial charge in [-0.2, -0.15) is 0 Å². The minimum Gasteiger partial charge on any atom is -0.790 e. The normalized spacial score (nSPS) is 8.50. The van der Waals surface area contributed by atoms with Gasteiger partial charge in [-0.15, -0.1) is 6.42 Å². The van der Waals surface area contributed by atoms with Crippen molar-refractivity contribution in [2.24, 2.45) is 0 Å². The van der Waals surface area contributed by atoms with E-state index in [0.29, 0.717) is 0 Å². The van der Waals surface area contributed by atoms with Crippen LogP contribution in [0.1, 0.15) is 0 Å². The zero-order valence-electron chi connectivity index (χ0n) is 5.86. The molecule has 0 aromatic rings. The van der Waals surface area contributed by atoms with E-state index < -0.39 is 14.4 Å². The van der Waals surface area contributed by atoms with Crippen molar-refractivity contribution in [1.29, 1.82) is 0 Å². The second-order valence-electron chi connectivity index (χ2n) is 0.925. The predicted octanol–water partition coefficient (Wildman–Crippen LogP) is -7.53. The zero-order chi connectivity index (χ0) is 6.62. The first-order valence-electron chi connectivity index (χ1n) is 1.66. The summed E-state index contributed by atoms with van der Waals surface area (Å²) in [5.74, 6) is 1.83. The number of phosphoric ester groups is 1. The first kappa shape index (κ1) is 17.7. The van der Waals surface area contributed by atoms with Crippen LogP contribution in [0.4, 0.5) is 0 Å². The molecule has 0 rings (SSSR count). The third-order valence-corrected chi connectivity index (χ3v) is 0.751. The summed E-state index contributed by atoms with van der Waals surface area (Å²) in [4.78, 5) is 19.1. The van der Waals surface area contributed by atoms with Gasteiger partial charge in [0.15, 0.2) is 0 Å². The van der Waals surface area contributed by atoms with Crippen LogP contribution >= 0.6 is 7.82 Å². The number of hydrogen-bond acceptors (Lipinski definition) is 4. The van der Waals surface area contributed by atoms with E-state index in [1.165, 1.54) is 0 Å². The Balaban J connectivity index is -0.000000245. The van der Waals surface area contributed by atoms with Gasteiger partial charge in [0.25, 0.3) is 0 Å². The first-order valence-corrected chi connectivity index (χ1v) is 3.12. The molecule has 0 saturated carbocycles. The van der Waals surface area contributed by atoms with Crippen molar-refractivity contribution in [2.45, 2.75) is 0 Å². The van der Waals surface area contributed by atoms with Crippen LogP contribution in [0.15, 0.2) is 0 Å². The summed E-state index contributed by atoms with van der Waals surface area (Å²) in [6, 6.07) is 0. The largest absolute Gasteiger partial charge is 1.00 e. The van der Waals surface area contributed by atoms with Crippen molar-refractivity contribution in [2.75, 3.05) is 6.61 Å². The molecule has 0 aliphatic carbocycles. The van der Waals surface area contributed by atoms with E-state index in [4.69, 9.17) is 0 Å². The van der Waals surface area contributed by atoms with Crippen LogP contribution in [0.3, 0.4) is 0 Å². The van der Waals surface area contributed by atoms with E-state index in [1.54, 1.807) is 0 Å². The SMILES string of the molecule is C#CCOP(=[18O])([18O-])[18O-].[Na+].[Na+]. The average molecular weight is 186 g/mol. The molecule has 0 bridgehead atoms. The van der Waals surface area contributed by atoms with Crippen LogP contribution in [0.25, 0.3) is 0 Å². The van der Waals surface area contributed by atoms with E-state index in [2.05, 4.69) is 10.9 Å². The standard InChI is InChI=1S/C3H5O4P.2Na/c1-2-3-7-8(4,5)6;;/h1H,3H2,(H2,4,5,6);;/q;2*+1/p-2/i4+2,5+2,6+2;;. The molecule has 0 spiro atoms. The van der Waals surface area contributed by atoms with Crippen LogP contribution in [-0.2, 0) is 9.09 Å². The predicted molar refractivity (Wildman–Crippen MR) is 22.4 cm³/mol. The third-order valence-electron chi connectivity index (χ3n) is 0.306. The van der Waals surface area contributed by atoms with E-state index in [-0.39, 0.29) is 59.1 Å². The maximum atomic E-state index is 9.54. The van der Waals surface area contributed by atoms with Crippen molar-refractivity contribution in [1.82, 2.24) is 0 Å². The fourth-order valence-electron chi connectivity index (χ4n) is 0.116. The number of phosphoric acid groups is 1. The van der Waals surface area contributed by atoms with Crippen molar-refractivity contribution in [3.63, 3.8) is 0 Å². The molecule has 0 aromatic carbocycles. The Bertz CT molecular complexity index is 147. The fraction of sp³-hybridized carbons (Fsp3) is 0.333. The fourth-order valence-corrected chi connectivity index (χ4v) is 0.349. The Morgan fingerprint density at radius 1 is 1.50 bits per heavy atom. The van der Waals surface area contributed by atoms with Crippen molar-refractivity contribution in [3.8, 4) is 12.3 Å². The molecule has 0 amide bonds. The number of terminal acetylenes is 1. The topological polar surface area (TPSA) is 72.4 Å². The van der Waals surface area contributed by atoms with E-state index in [0.717, 1.165) is 0 Å². The van der Waals surface area contributed by atoms with Crippen LogP contribution in [0.2, 0.25) is 0 Å². The Morgan fingerprint density at radius 2 is 1.90 bits per heavy atom. The molecule has 0 aliphatic heterocycles. The molecule has 0 fully saturated rings. The molecule has 0 atom stereocenters. The van der Waals surface area contributed by atoms with Gasteiger partial charge >= 0.3 is 59.1 Å². The van der Waals surface area contributed by atoms with Crippen LogP contribution in [0.5, 0.6) is 0 Å². The summed E-state index contributed by atoms with van der Waals surface area (Å²) in [5.41, 5.74) is 0.